The van der Waals surface area contributed by atoms with Gasteiger partial charge in [-0.15, -0.1) is 16.9 Å². The van der Waals surface area contributed by atoms with Crippen LogP contribution >= 0.6 is 34.5 Å². The molecule has 1 atom stereocenters. The Morgan fingerprint density at radius 1 is 1.04 bits per heavy atom. The van der Waals surface area contributed by atoms with Gasteiger partial charge in [0, 0.05) is 59.4 Å². The van der Waals surface area contributed by atoms with Gasteiger partial charge in [0.05, 0.1) is 54.3 Å². The molecule has 2 aliphatic rings. The number of nitrogens with one attached hydrogen (secondary N) is 4. The van der Waals surface area contributed by atoms with E-state index in [0.29, 0.717) is 44.6 Å². The number of thiazole rings is 1. The summed E-state index contributed by atoms with van der Waals surface area (Å²) in [5.41, 5.74) is 14.2. The molecule has 1 saturated heterocycles. The maximum Gasteiger partial charge on any atom is 0.141 e. The van der Waals surface area contributed by atoms with E-state index >= 15 is 0 Å². The van der Waals surface area contributed by atoms with Crippen LogP contribution < -0.4 is 21.6 Å². The van der Waals surface area contributed by atoms with Crippen molar-refractivity contribution in [3.05, 3.63) is 99.1 Å². The summed E-state index contributed by atoms with van der Waals surface area (Å²) in [7, 11) is 0. The molecule has 0 spiro atoms. The van der Waals surface area contributed by atoms with E-state index in [4.69, 9.17) is 28.2 Å². The van der Waals surface area contributed by atoms with Crippen LogP contribution in [0.5, 0.6) is 0 Å². The Labute approximate surface area is 292 Å². The number of hydrogen-bond acceptors (Lipinski definition) is 10. The molecule has 9 nitrogen and oxygen atoms in total. The Hall–Kier alpha value is -4.18. The fourth-order valence-corrected chi connectivity index (χ4v) is 7.57. The second kappa shape index (κ2) is 13.0. The first-order chi connectivity index (χ1) is 23.1. The molecule has 2 aromatic heterocycles. The summed E-state index contributed by atoms with van der Waals surface area (Å²) in [5.74, 6) is -0.531. The normalized spacial score (nSPS) is 16.5. The number of rotatable bonds is 7. The van der Waals surface area contributed by atoms with Crippen LogP contribution in [0.2, 0.25) is 10.0 Å². The summed E-state index contributed by atoms with van der Waals surface area (Å²) in [6.07, 6.45) is 5.70. The van der Waals surface area contributed by atoms with Gasteiger partial charge in [0.1, 0.15) is 11.9 Å². The first-order valence-corrected chi connectivity index (χ1v) is 17.3. The first-order valence-electron chi connectivity index (χ1n) is 15.7. The van der Waals surface area contributed by atoms with Crippen molar-refractivity contribution in [1.29, 1.82) is 5.26 Å². The van der Waals surface area contributed by atoms with Gasteiger partial charge in [-0.3, -0.25) is 14.9 Å². The van der Waals surface area contributed by atoms with E-state index in [2.05, 4.69) is 81.7 Å². The number of halogens is 3. The van der Waals surface area contributed by atoms with Crippen LogP contribution in [0.3, 0.4) is 0 Å². The Bertz CT molecular complexity index is 2080. The second-order valence-corrected chi connectivity index (χ2v) is 14.7. The quantitative estimate of drug-likeness (QED) is 0.133. The molecule has 0 aliphatic carbocycles. The molecule has 4 heterocycles. The van der Waals surface area contributed by atoms with E-state index in [-0.39, 0.29) is 16.6 Å². The van der Waals surface area contributed by atoms with Gasteiger partial charge in [-0.1, -0.05) is 35.3 Å². The number of piperidine rings is 1. The Kier molecular flexibility index (Phi) is 8.79. The molecule has 1 fully saturated rings. The smallest absolute Gasteiger partial charge is 0.141 e. The summed E-state index contributed by atoms with van der Waals surface area (Å²) in [6.45, 7) is 8.87. The van der Waals surface area contributed by atoms with E-state index in [9.17, 15) is 9.65 Å². The summed E-state index contributed by atoms with van der Waals surface area (Å²) in [6, 6.07) is 16.5. The topological polar surface area (TPSA) is 104 Å². The van der Waals surface area contributed by atoms with E-state index in [1.165, 1.54) is 18.3 Å². The van der Waals surface area contributed by atoms with Crippen LogP contribution in [0.4, 0.5) is 21.5 Å². The van der Waals surface area contributed by atoms with Crippen LogP contribution in [-0.2, 0) is 0 Å². The van der Waals surface area contributed by atoms with Gasteiger partial charge in [-0.25, -0.2) is 9.37 Å². The minimum Gasteiger partial charge on any atom is -0.373 e. The number of likely N-dealkylation sites (tertiary alicyclic amines) is 1. The SMILES string of the molecule is CC(C)(C)N1CCC(N2C=C([C@@H](Nc3cc(Cl)c4ncc(C#N)c(Nc5ccc(F)c(Cl)c5)c4c3)c3cccc4scnc34)NN2)CC1. The minimum absolute atomic E-state index is 0.0314. The summed E-state index contributed by atoms with van der Waals surface area (Å²) < 4.78 is 15.0. The lowest BCUT2D eigenvalue weighted by atomic mass is 9.97. The lowest BCUT2D eigenvalue weighted by Crippen LogP contribution is -2.52. The molecule has 0 amide bonds. The molecule has 5 aromatic rings. The number of pyridine rings is 1. The number of fused-ring (bicyclic) bond motifs is 2. The first kappa shape index (κ1) is 32.4. The van der Waals surface area contributed by atoms with Crippen LogP contribution in [0.1, 0.15) is 50.8 Å². The largest absolute Gasteiger partial charge is 0.373 e. The van der Waals surface area contributed by atoms with Gasteiger partial charge in [0.2, 0.25) is 0 Å². The third-order valence-corrected chi connectivity index (χ3v) is 10.3. The summed E-state index contributed by atoms with van der Waals surface area (Å²) >= 11 is 14.5. The molecular formula is C35H34Cl2FN9S. The van der Waals surface area contributed by atoms with Crippen molar-refractivity contribution in [3.8, 4) is 6.07 Å². The van der Waals surface area contributed by atoms with Crippen molar-refractivity contribution in [2.45, 2.75) is 51.2 Å². The van der Waals surface area contributed by atoms with Gasteiger partial charge in [-0.2, -0.15) is 5.26 Å². The average Bonchev–Trinajstić information content (AvgIpc) is 3.76. The maximum absolute atomic E-state index is 13.9. The van der Waals surface area contributed by atoms with Crippen molar-refractivity contribution >= 4 is 72.7 Å². The molecule has 7 rings (SSSR count). The number of benzene rings is 3. The Morgan fingerprint density at radius 3 is 2.58 bits per heavy atom. The number of anilines is 3. The highest BCUT2D eigenvalue weighted by Crippen LogP contribution is 2.39. The van der Waals surface area contributed by atoms with Crippen molar-refractivity contribution in [2.24, 2.45) is 0 Å². The summed E-state index contributed by atoms with van der Waals surface area (Å²) in [5, 5.41) is 20.1. The summed E-state index contributed by atoms with van der Waals surface area (Å²) in [4.78, 5) is 11.8. The number of hydrazine groups is 2. The lowest BCUT2D eigenvalue weighted by molar-refractivity contribution is 0.0570. The number of nitrogens with zero attached hydrogens (tertiary/aromatic N) is 5. The molecule has 13 heteroatoms. The van der Waals surface area contributed by atoms with Gasteiger partial charge in [0.15, 0.2) is 0 Å². The van der Waals surface area contributed by atoms with E-state index < -0.39 is 5.82 Å². The van der Waals surface area contributed by atoms with E-state index in [1.54, 1.807) is 17.4 Å². The van der Waals surface area contributed by atoms with E-state index in [0.717, 1.165) is 47.4 Å². The van der Waals surface area contributed by atoms with E-state index in [1.807, 2.05) is 23.7 Å². The fourth-order valence-electron chi connectivity index (χ4n) is 6.41. The predicted molar refractivity (Wildman–Crippen MR) is 193 cm³/mol. The molecule has 0 unspecified atom stereocenters. The molecule has 3 aromatic carbocycles. The van der Waals surface area contributed by atoms with Crippen LogP contribution in [0.25, 0.3) is 21.1 Å². The predicted octanol–water partition coefficient (Wildman–Crippen LogP) is 8.49. The minimum atomic E-state index is -0.531. The Morgan fingerprint density at radius 2 is 1.83 bits per heavy atom. The van der Waals surface area contributed by atoms with Crippen LogP contribution in [-0.4, -0.2) is 44.5 Å². The maximum atomic E-state index is 13.9. The molecule has 48 heavy (non-hydrogen) atoms. The van der Waals surface area contributed by atoms with Gasteiger partial charge in [0.25, 0.3) is 0 Å². The monoisotopic (exact) mass is 701 g/mol. The molecule has 246 valence electrons. The lowest BCUT2D eigenvalue weighted by Gasteiger charge is -2.42. The highest BCUT2D eigenvalue weighted by Gasteiger charge is 2.32. The molecule has 2 aliphatic heterocycles. The standard InChI is InChI=1S/C35H34Cl2FN9S/c1-35(2,3)46-11-9-23(10-12-46)47-18-29(44-45-47)33(24-5-4-6-30-34(24)41-19-48-30)43-22-13-25-31(42-21-7-8-28(38)26(36)14-21)20(16-39)17-40-32(25)27(37)15-22/h4-8,13-15,17-19,23,33,43-45H,9-12H2,1-3H3,(H,40,42)/t33-/m0/s1. The molecule has 0 radical (unpaired) electrons. The van der Waals surface area contributed by atoms with Gasteiger partial charge >= 0.3 is 0 Å². The molecular weight excluding hydrogens is 668 g/mol. The van der Waals surface area contributed by atoms with Crippen LogP contribution in [0, 0.1) is 17.1 Å². The zero-order valence-corrected chi connectivity index (χ0v) is 28.9. The van der Waals surface area contributed by atoms with Gasteiger partial charge in [-0.05, 0) is 70.0 Å². The molecule has 0 saturated carbocycles. The van der Waals surface area contributed by atoms with Crippen LogP contribution in [0.15, 0.2) is 72.1 Å². The number of nitriles is 1. The zero-order chi connectivity index (χ0) is 33.6. The van der Waals surface area contributed by atoms with Crippen molar-refractivity contribution in [1.82, 2.24) is 30.8 Å². The molecule has 4 N–H and O–H groups in total. The molecule has 0 bridgehead atoms. The zero-order valence-electron chi connectivity index (χ0n) is 26.6. The number of aromatic nitrogens is 2. The fraction of sp³-hybridized carbons (Fsp3) is 0.286. The number of hydrogen-bond donors (Lipinski definition) is 4. The highest BCUT2D eigenvalue weighted by molar-refractivity contribution is 7.16. The third-order valence-electron chi connectivity index (χ3n) is 8.97. The average molecular weight is 703 g/mol. The van der Waals surface area contributed by atoms with Crippen molar-refractivity contribution < 1.29 is 4.39 Å². The van der Waals surface area contributed by atoms with Crippen molar-refractivity contribution in [2.75, 3.05) is 23.7 Å². The Balaban J connectivity index is 1.26. The highest BCUT2D eigenvalue weighted by atomic mass is 35.5. The third kappa shape index (κ3) is 6.34. The number of para-hydroxylation sites is 1. The van der Waals surface area contributed by atoms with Gasteiger partial charge < -0.3 is 16.1 Å². The van der Waals surface area contributed by atoms with Crippen molar-refractivity contribution in [3.63, 3.8) is 0 Å². The second-order valence-electron chi connectivity index (χ2n) is 13.0.